The number of hydrogen-bond acceptors (Lipinski definition) is 5. The van der Waals surface area contributed by atoms with E-state index < -0.39 is 0 Å². The maximum atomic E-state index is 12.9. The molecule has 0 aromatic carbocycles. The summed E-state index contributed by atoms with van der Waals surface area (Å²) in [5, 5.41) is 4.23. The molecular weight excluding hydrogens is 318 g/mol. The van der Waals surface area contributed by atoms with Crippen molar-refractivity contribution in [3.63, 3.8) is 0 Å². The van der Waals surface area contributed by atoms with Gasteiger partial charge >= 0.3 is 0 Å². The third-order valence-electron chi connectivity index (χ3n) is 3.80. The van der Waals surface area contributed by atoms with Crippen molar-refractivity contribution in [2.45, 2.75) is 32.7 Å². The Kier molecular flexibility index (Phi) is 4.52. The Morgan fingerprint density at radius 1 is 1.52 bits per heavy atom. The van der Waals surface area contributed by atoms with Crippen molar-refractivity contribution in [3.05, 3.63) is 40.4 Å². The molecule has 1 fully saturated rings. The Labute approximate surface area is 139 Å². The molecule has 2 aromatic rings. The quantitative estimate of drug-likeness (QED) is 0.856. The number of amides is 1. The molecule has 6 nitrogen and oxygen atoms in total. The van der Waals surface area contributed by atoms with Crippen molar-refractivity contribution in [3.8, 4) is 5.88 Å². The zero-order valence-corrected chi connectivity index (χ0v) is 13.8. The Bertz CT molecular complexity index is 716. The van der Waals surface area contributed by atoms with Crippen molar-refractivity contribution in [2.24, 2.45) is 0 Å². The van der Waals surface area contributed by atoms with Crippen molar-refractivity contribution in [1.82, 2.24) is 15.0 Å². The van der Waals surface area contributed by atoms with E-state index in [4.69, 9.17) is 20.9 Å². The summed E-state index contributed by atoms with van der Waals surface area (Å²) in [6.45, 7) is 4.84. The van der Waals surface area contributed by atoms with Crippen LogP contribution in [0.5, 0.6) is 5.88 Å². The van der Waals surface area contributed by atoms with Crippen molar-refractivity contribution >= 4 is 17.5 Å². The number of rotatable bonds is 4. The average molecular weight is 336 g/mol. The molecule has 2 aromatic heterocycles. The largest absolute Gasteiger partial charge is 0.478 e. The summed E-state index contributed by atoms with van der Waals surface area (Å²) in [7, 11) is 0. The SMILES string of the molecule is CCOc1ccc(Cl)c(C(=O)N2CCC[C@H]2c2cc(C)no2)n1. The van der Waals surface area contributed by atoms with Crippen LogP contribution < -0.4 is 4.74 Å². The van der Waals surface area contributed by atoms with E-state index >= 15 is 0 Å². The molecule has 1 amide bonds. The van der Waals surface area contributed by atoms with Crippen molar-refractivity contribution in [2.75, 3.05) is 13.2 Å². The number of likely N-dealkylation sites (tertiary alicyclic amines) is 1. The summed E-state index contributed by atoms with van der Waals surface area (Å²) < 4.78 is 10.7. The first-order valence-electron chi connectivity index (χ1n) is 7.63. The third kappa shape index (κ3) is 3.17. The molecule has 0 N–H and O–H groups in total. The van der Waals surface area contributed by atoms with Crippen LogP contribution in [0.15, 0.2) is 22.7 Å². The number of halogens is 1. The van der Waals surface area contributed by atoms with E-state index in [1.165, 1.54) is 0 Å². The lowest BCUT2D eigenvalue weighted by Crippen LogP contribution is -2.31. The predicted octanol–water partition coefficient (Wildman–Crippen LogP) is 3.41. The average Bonchev–Trinajstić information content (AvgIpc) is 3.17. The van der Waals surface area contributed by atoms with E-state index in [1.807, 2.05) is 19.9 Å². The summed E-state index contributed by atoms with van der Waals surface area (Å²) >= 11 is 6.17. The molecule has 0 spiro atoms. The molecule has 3 heterocycles. The smallest absolute Gasteiger partial charge is 0.274 e. The molecule has 0 aliphatic carbocycles. The van der Waals surface area contributed by atoms with E-state index in [2.05, 4.69) is 10.1 Å². The zero-order chi connectivity index (χ0) is 16.4. The molecule has 1 aliphatic heterocycles. The Morgan fingerprint density at radius 3 is 3.04 bits per heavy atom. The first-order valence-corrected chi connectivity index (χ1v) is 8.01. The third-order valence-corrected chi connectivity index (χ3v) is 4.11. The minimum absolute atomic E-state index is 0.127. The number of carbonyl (C=O) groups is 1. The van der Waals surface area contributed by atoms with Crippen LogP contribution in [-0.2, 0) is 0 Å². The number of pyridine rings is 1. The van der Waals surface area contributed by atoms with Gasteiger partial charge in [0.15, 0.2) is 11.5 Å². The molecule has 0 unspecified atom stereocenters. The molecule has 0 bridgehead atoms. The Balaban J connectivity index is 1.88. The highest BCUT2D eigenvalue weighted by molar-refractivity contribution is 6.33. The molecule has 1 atom stereocenters. The van der Waals surface area contributed by atoms with Gasteiger partial charge in [-0.05, 0) is 32.8 Å². The van der Waals surface area contributed by atoms with Crippen LogP contribution in [0.3, 0.4) is 0 Å². The minimum atomic E-state index is -0.215. The highest BCUT2D eigenvalue weighted by atomic mass is 35.5. The lowest BCUT2D eigenvalue weighted by Gasteiger charge is -2.22. The molecule has 0 saturated carbocycles. The summed E-state index contributed by atoms with van der Waals surface area (Å²) in [6.07, 6.45) is 1.74. The second kappa shape index (κ2) is 6.58. The second-order valence-electron chi connectivity index (χ2n) is 5.44. The molecule has 23 heavy (non-hydrogen) atoms. The number of ether oxygens (including phenoxy) is 1. The van der Waals surface area contributed by atoms with E-state index in [-0.39, 0.29) is 17.6 Å². The second-order valence-corrected chi connectivity index (χ2v) is 5.85. The molecule has 7 heteroatoms. The van der Waals surface area contributed by atoms with Gasteiger partial charge < -0.3 is 14.2 Å². The van der Waals surface area contributed by atoms with Gasteiger partial charge in [0.25, 0.3) is 5.91 Å². The number of aromatic nitrogens is 2. The maximum Gasteiger partial charge on any atom is 0.274 e. The van der Waals surface area contributed by atoms with Gasteiger partial charge in [0.05, 0.1) is 23.4 Å². The van der Waals surface area contributed by atoms with Crippen molar-refractivity contribution in [1.29, 1.82) is 0 Å². The molecule has 3 rings (SSSR count). The van der Waals surface area contributed by atoms with Gasteiger partial charge in [0, 0.05) is 18.7 Å². The summed E-state index contributed by atoms with van der Waals surface area (Å²) in [5.41, 5.74) is 1.01. The standard InChI is InChI=1S/C16H18ClN3O3/c1-3-22-14-7-6-11(17)15(18-14)16(21)20-8-4-5-12(20)13-9-10(2)19-23-13/h6-7,9,12H,3-5,8H2,1-2H3/t12-/m0/s1. The van der Waals surface area contributed by atoms with Gasteiger partial charge in [-0.2, -0.15) is 0 Å². The molecule has 1 saturated heterocycles. The highest BCUT2D eigenvalue weighted by Gasteiger charge is 2.34. The van der Waals surface area contributed by atoms with Crippen LogP contribution in [0.4, 0.5) is 0 Å². The lowest BCUT2D eigenvalue weighted by molar-refractivity contribution is 0.0707. The maximum absolute atomic E-state index is 12.9. The fraction of sp³-hybridized carbons (Fsp3) is 0.438. The predicted molar refractivity (Wildman–Crippen MR) is 84.7 cm³/mol. The topological polar surface area (TPSA) is 68.5 Å². The molecule has 1 aliphatic rings. The van der Waals surface area contributed by atoms with Crippen LogP contribution in [0.1, 0.15) is 47.7 Å². The van der Waals surface area contributed by atoms with Gasteiger partial charge in [-0.1, -0.05) is 16.8 Å². The van der Waals surface area contributed by atoms with Crippen molar-refractivity contribution < 1.29 is 14.1 Å². The molecule has 0 radical (unpaired) electrons. The Morgan fingerprint density at radius 2 is 2.35 bits per heavy atom. The summed E-state index contributed by atoms with van der Waals surface area (Å²) in [5.74, 6) is 0.880. The molecule has 122 valence electrons. The van der Waals surface area contributed by atoms with Gasteiger partial charge in [0.2, 0.25) is 5.88 Å². The molecular formula is C16H18ClN3O3. The number of nitrogens with zero attached hydrogens (tertiary/aromatic N) is 3. The van der Waals surface area contributed by atoms with E-state index in [9.17, 15) is 4.79 Å². The van der Waals surface area contributed by atoms with Gasteiger partial charge in [-0.15, -0.1) is 0 Å². The van der Waals surface area contributed by atoms with Gasteiger partial charge in [0.1, 0.15) is 0 Å². The first kappa shape index (κ1) is 15.8. The number of carbonyl (C=O) groups excluding carboxylic acids is 1. The van der Waals surface area contributed by atoms with E-state index in [0.29, 0.717) is 29.8 Å². The van der Waals surface area contributed by atoms with E-state index in [0.717, 1.165) is 18.5 Å². The van der Waals surface area contributed by atoms with Crippen LogP contribution in [0.25, 0.3) is 0 Å². The van der Waals surface area contributed by atoms with Crippen LogP contribution in [0.2, 0.25) is 5.02 Å². The normalized spacial score (nSPS) is 17.5. The minimum Gasteiger partial charge on any atom is -0.478 e. The summed E-state index contributed by atoms with van der Waals surface area (Å²) in [6, 6.07) is 5.03. The van der Waals surface area contributed by atoms with E-state index in [1.54, 1.807) is 17.0 Å². The highest BCUT2D eigenvalue weighted by Crippen LogP contribution is 2.34. The van der Waals surface area contributed by atoms with Crippen LogP contribution in [-0.4, -0.2) is 34.1 Å². The van der Waals surface area contributed by atoms with Crippen LogP contribution in [0, 0.1) is 6.92 Å². The monoisotopic (exact) mass is 335 g/mol. The fourth-order valence-electron chi connectivity index (χ4n) is 2.78. The number of hydrogen-bond donors (Lipinski definition) is 0. The van der Waals surface area contributed by atoms with Crippen LogP contribution >= 0.6 is 11.6 Å². The number of aryl methyl sites for hydroxylation is 1. The van der Waals surface area contributed by atoms with Gasteiger partial charge in [-0.25, -0.2) is 4.98 Å². The first-order chi connectivity index (χ1) is 11.1. The Hall–Kier alpha value is -2.08. The fourth-order valence-corrected chi connectivity index (χ4v) is 2.97. The summed E-state index contributed by atoms with van der Waals surface area (Å²) in [4.78, 5) is 18.9. The van der Waals surface area contributed by atoms with Gasteiger partial charge in [-0.3, -0.25) is 4.79 Å². The zero-order valence-electron chi connectivity index (χ0n) is 13.1. The lowest BCUT2D eigenvalue weighted by atomic mass is 10.1.